The molecule has 0 aliphatic carbocycles. The van der Waals surface area contributed by atoms with Crippen LogP contribution in [0.2, 0.25) is 0 Å². The second-order valence-corrected chi connectivity index (χ2v) is 11.0. The summed E-state index contributed by atoms with van der Waals surface area (Å²) in [7, 11) is -4.33. The van der Waals surface area contributed by atoms with Gasteiger partial charge >= 0.3 is 7.82 Å². The van der Waals surface area contributed by atoms with Crippen LogP contribution in [0.15, 0.2) is 48.6 Å². The summed E-state index contributed by atoms with van der Waals surface area (Å²) < 4.78 is 21.8. The zero-order valence-corrected chi connectivity index (χ0v) is 25.2. The van der Waals surface area contributed by atoms with Gasteiger partial charge in [0.15, 0.2) is 0 Å². The maximum absolute atomic E-state index is 12.5. The van der Waals surface area contributed by atoms with Gasteiger partial charge in [-0.05, 0) is 57.8 Å². The summed E-state index contributed by atoms with van der Waals surface area (Å²) in [5, 5.41) is 13.4. The molecule has 0 bridgehead atoms. The van der Waals surface area contributed by atoms with Crippen LogP contribution < -0.4 is 11.1 Å². The van der Waals surface area contributed by atoms with E-state index in [1.807, 2.05) is 6.08 Å². The molecule has 1 amide bonds. The van der Waals surface area contributed by atoms with Crippen molar-refractivity contribution in [3.05, 3.63) is 48.6 Å². The maximum Gasteiger partial charge on any atom is 0.472 e. The predicted molar refractivity (Wildman–Crippen MR) is 161 cm³/mol. The molecule has 0 aliphatic heterocycles. The fourth-order valence-corrected chi connectivity index (χ4v) is 4.40. The van der Waals surface area contributed by atoms with Gasteiger partial charge in [-0.1, -0.05) is 88.1 Å². The van der Waals surface area contributed by atoms with E-state index in [-0.39, 0.29) is 25.7 Å². The third-order valence-electron chi connectivity index (χ3n) is 5.85. The highest BCUT2D eigenvalue weighted by molar-refractivity contribution is 7.47. The highest BCUT2D eigenvalue weighted by Gasteiger charge is 2.26. The number of carbonyl (C=O) groups is 1. The van der Waals surface area contributed by atoms with Crippen molar-refractivity contribution in [1.82, 2.24) is 5.32 Å². The molecule has 0 rings (SSSR count). The molecule has 39 heavy (non-hydrogen) atoms. The number of hydrogen-bond acceptors (Lipinski definition) is 6. The van der Waals surface area contributed by atoms with E-state index in [2.05, 4.69) is 55.6 Å². The number of rotatable bonds is 26. The number of allylic oxidation sites excluding steroid dienone is 7. The number of aliphatic hydroxyl groups is 1. The number of nitrogens with one attached hydrogen (secondary N) is 1. The van der Waals surface area contributed by atoms with Crippen molar-refractivity contribution in [2.45, 2.75) is 116 Å². The fourth-order valence-electron chi connectivity index (χ4n) is 3.64. The van der Waals surface area contributed by atoms with Crippen LogP contribution in [0.1, 0.15) is 104 Å². The first-order valence-corrected chi connectivity index (χ1v) is 16.3. The van der Waals surface area contributed by atoms with Crippen LogP contribution in [0.25, 0.3) is 0 Å². The van der Waals surface area contributed by atoms with Crippen molar-refractivity contribution in [2.75, 3.05) is 19.8 Å². The van der Waals surface area contributed by atoms with Crippen LogP contribution in [-0.2, 0) is 18.4 Å². The molecule has 3 atom stereocenters. The highest BCUT2D eigenvalue weighted by Crippen LogP contribution is 2.43. The van der Waals surface area contributed by atoms with E-state index >= 15 is 0 Å². The Labute approximate surface area is 237 Å². The Hall–Kier alpha value is -1.54. The monoisotopic (exact) mass is 570 g/mol. The van der Waals surface area contributed by atoms with Crippen molar-refractivity contribution in [3.8, 4) is 0 Å². The van der Waals surface area contributed by atoms with Gasteiger partial charge in [0.05, 0.1) is 25.4 Å². The van der Waals surface area contributed by atoms with Gasteiger partial charge in [-0.15, -0.1) is 0 Å². The van der Waals surface area contributed by atoms with Gasteiger partial charge in [0.2, 0.25) is 5.91 Å². The Morgan fingerprint density at radius 3 is 2.10 bits per heavy atom. The largest absolute Gasteiger partial charge is 0.472 e. The third-order valence-corrected chi connectivity index (χ3v) is 6.83. The zero-order valence-electron chi connectivity index (χ0n) is 24.3. The molecule has 0 aliphatic rings. The van der Waals surface area contributed by atoms with Crippen LogP contribution in [0.5, 0.6) is 0 Å². The second-order valence-electron chi connectivity index (χ2n) is 9.55. The Kier molecular flexibility index (Phi) is 25.6. The highest BCUT2D eigenvalue weighted by atomic mass is 31.2. The minimum absolute atomic E-state index is 0.0683. The lowest BCUT2D eigenvalue weighted by atomic mass is 10.1. The van der Waals surface area contributed by atoms with E-state index in [9.17, 15) is 19.4 Å². The van der Waals surface area contributed by atoms with E-state index in [1.54, 1.807) is 6.08 Å². The molecule has 0 spiro atoms. The number of carbonyl (C=O) groups excluding carboxylic acids is 1. The van der Waals surface area contributed by atoms with Gasteiger partial charge in [0.1, 0.15) is 0 Å². The lowest BCUT2D eigenvalue weighted by Gasteiger charge is -2.23. The van der Waals surface area contributed by atoms with Gasteiger partial charge in [-0.3, -0.25) is 13.8 Å². The third kappa shape index (κ3) is 25.2. The summed E-state index contributed by atoms with van der Waals surface area (Å²) in [5.41, 5.74) is 5.31. The van der Waals surface area contributed by atoms with Crippen LogP contribution in [0.4, 0.5) is 0 Å². The lowest BCUT2D eigenvalue weighted by Crippen LogP contribution is -2.45. The van der Waals surface area contributed by atoms with E-state index < -0.39 is 20.0 Å². The number of phosphoric ester groups is 1. The summed E-state index contributed by atoms with van der Waals surface area (Å²) in [5.74, 6) is -0.228. The standard InChI is InChI=1S/C30H55N2O6P/c1-3-5-7-9-11-13-15-17-19-21-23-29(33)28(27-38-39(35,36)37-26-25-31)32-30(34)24-22-20-18-16-14-12-10-8-6-4-2/h5,7-8,10,13,15,21,23,28-29,33H,3-4,6,9,11-12,14,16-20,22,24-27,31H2,1-2H3,(H,32,34)(H,35,36)/b7-5+,10-8-,15-13+,23-21+. The molecular formula is C30H55N2O6P. The molecule has 0 fully saturated rings. The summed E-state index contributed by atoms with van der Waals surface area (Å²) >= 11 is 0. The SMILES string of the molecule is CC/C=C/CC/C=C/CC/C=C/C(O)C(COP(=O)(O)OCCN)NC(=O)CCCCCCC/C=C\CCC. The summed E-state index contributed by atoms with van der Waals surface area (Å²) in [6.07, 6.45) is 28.9. The molecule has 0 aromatic heterocycles. The molecule has 0 aromatic carbocycles. The smallest absolute Gasteiger partial charge is 0.387 e. The van der Waals surface area contributed by atoms with Crippen molar-refractivity contribution < 1.29 is 28.4 Å². The quantitative estimate of drug-likeness (QED) is 0.0520. The van der Waals surface area contributed by atoms with Crippen molar-refractivity contribution in [3.63, 3.8) is 0 Å². The van der Waals surface area contributed by atoms with Crippen molar-refractivity contribution >= 4 is 13.7 Å². The van der Waals surface area contributed by atoms with E-state index in [1.165, 1.54) is 6.42 Å². The summed E-state index contributed by atoms with van der Waals surface area (Å²) in [6, 6.07) is -0.883. The summed E-state index contributed by atoms with van der Waals surface area (Å²) in [4.78, 5) is 22.3. The van der Waals surface area contributed by atoms with Gasteiger partial charge < -0.3 is 21.1 Å². The minimum Gasteiger partial charge on any atom is -0.387 e. The molecule has 5 N–H and O–H groups in total. The molecule has 3 unspecified atom stereocenters. The Bertz CT molecular complexity index is 754. The first-order valence-electron chi connectivity index (χ1n) is 14.8. The van der Waals surface area contributed by atoms with E-state index in [4.69, 9.17) is 14.8 Å². The van der Waals surface area contributed by atoms with Crippen LogP contribution in [0.3, 0.4) is 0 Å². The molecule has 0 saturated carbocycles. The van der Waals surface area contributed by atoms with E-state index in [0.717, 1.165) is 77.0 Å². The van der Waals surface area contributed by atoms with Gasteiger partial charge in [0, 0.05) is 13.0 Å². The lowest BCUT2D eigenvalue weighted by molar-refractivity contribution is -0.123. The van der Waals surface area contributed by atoms with Gasteiger partial charge in [0.25, 0.3) is 0 Å². The van der Waals surface area contributed by atoms with Crippen LogP contribution in [0, 0.1) is 0 Å². The van der Waals surface area contributed by atoms with Crippen LogP contribution >= 0.6 is 7.82 Å². The molecular weight excluding hydrogens is 515 g/mol. The van der Waals surface area contributed by atoms with Crippen molar-refractivity contribution in [1.29, 1.82) is 0 Å². The topological polar surface area (TPSA) is 131 Å². The molecule has 8 nitrogen and oxygen atoms in total. The summed E-state index contributed by atoms with van der Waals surface area (Å²) in [6.45, 7) is 3.85. The fraction of sp³-hybridized carbons (Fsp3) is 0.700. The minimum atomic E-state index is -4.33. The average Bonchev–Trinajstić information content (AvgIpc) is 2.91. The number of aliphatic hydroxyl groups excluding tert-OH is 1. The Balaban J connectivity index is 4.59. The predicted octanol–water partition coefficient (Wildman–Crippen LogP) is 6.65. The Morgan fingerprint density at radius 1 is 0.846 bits per heavy atom. The number of unbranched alkanes of at least 4 members (excludes halogenated alkanes) is 8. The second kappa shape index (κ2) is 26.7. The normalized spacial score (nSPS) is 15.5. The number of hydrogen-bond donors (Lipinski definition) is 4. The molecule has 0 aromatic rings. The molecule has 9 heteroatoms. The molecule has 0 heterocycles. The number of amides is 1. The first-order chi connectivity index (χ1) is 18.9. The van der Waals surface area contributed by atoms with Crippen LogP contribution in [-0.4, -0.2) is 47.8 Å². The Morgan fingerprint density at radius 2 is 1.44 bits per heavy atom. The first kappa shape index (κ1) is 37.5. The average molecular weight is 571 g/mol. The number of phosphoric acid groups is 1. The molecule has 0 saturated heterocycles. The van der Waals surface area contributed by atoms with Gasteiger partial charge in [-0.25, -0.2) is 4.57 Å². The maximum atomic E-state index is 12.5. The zero-order chi connectivity index (χ0) is 29.0. The van der Waals surface area contributed by atoms with Gasteiger partial charge in [-0.2, -0.15) is 0 Å². The van der Waals surface area contributed by atoms with E-state index in [0.29, 0.717) is 6.42 Å². The number of nitrogens with two attached hydrogens (primary N) is 1. The molecule has 226 valence electrons. The van der Waals surface area contributed by atoms with Crippen molar-refractivity contribution in [2.24, 2.45) is 5.73 Å². The molecule has 0 radical (unpaired) electrons.